The van der Waals surface area contributed by atoms with Crippen molar-refractivity contribution in [1.29, 1.82) is 0 Å². The molecule has 268 valence electrons. The Morgan fingerprint density at radius 2 is 1.32 bits per heavy atom. The van der Waals surface area contributed by atoms with Crippen LogP contribution in [0.15, 0.2) is 181 Å². The standard InChI is InChI=1S/C52H39N3S/c1-4-16-37(17-5-1)52(38-18-6-2-7-19-38)45-24-12-10-22-42(45)43-33-32-41(34-46(43)52)54(49-35-56-50-27-15-11-23-44(49)50)40-30-28-36(29-31-40)51-53-47-25-13-14-26-48(47)55(51)39-20-8-3-9-21-39/h1-8,10,12-20,22,24-35H,9,11,21,23H2. The summed E-state index contributed by atoms with van der Waals surface area (Å²) in [6.45, 7) is 0. The summed E-state index contributed by atoms with van der Waals surface area (Å²) < 4.78 is 2.36. The van der Waals surface area contributed by atoms with Crippen LogP contribution in [0, 0.1) is 0 Å². The molecule has 56 heavy (non-hydrogen) atoms. The first-order valence-electron chi connectivity index (χ1n) is 19.7. The van der Waals surface area contributed by atoms with Crippen molar-refractivity contribution in [3.8, 4) is 22.5 Å². The van der Waals surface area contributed by atoms with E-state index in [2.05, 4.69) is 197 Å². The number of hydrogen-bond acceptors (Lipinski definition) is 3. The molecule has 4 heteroatoms. The monoisotopic (exact) mass is 737 g/mol. The average Bonchev–Trinajstić information content (AvgIpc) is 3.96. The van der Waals surface area contributed by atoms with Crippen LogP contribution in [-0.4, -0.2) is 9.55 Å². The van der Waals surface area contributed by atoms with E-state index in [0.29, 0.717) is 0 Å². The van der Waals surface area contributed by atoms with E-state index >= 15 is 0 Å². The summed E-state index contributed by atoms with van der Waals surface area (Å²) in [5, 5.41) is 2.36. The first-order valence-corrected chi connectivity index (χ1v) is 20.5. The number of anilines is 3. The highest BCUT2D eigenvalue weighted by molar-refractivity contribution is 7.11. The maximum Gasteiger partial charge on any atom is 0.145 e. The molecule has 0 N–H and O–H groups in total. The molecule has 0 saturated carbocycles. The SMILES string of the molecule is C1=CCCC(n2c(-c3ccc(N(c4ccc5c(c4)C(c4ccccc4)(c4ccccc4)c4ccccc4-5)c4csc5c4CCC=C5)cc3)nc3ccccc32)=C1. The number of fused-ring (bicyclic) bond motifs is 5. The van der Waals surface area contributed by atoms with Crippen molar-refractivity contribution in [2.75, 3.05) is 4.90 Å². The number of para-hydroxylation sites is 2. The Bertz CT molecular complexity index is 2810. The zero-order valence-electron chi connectivity index (χ0n) is 31.0. The van der Waals surface area contributed by atoms with Crippen molar-refractivity contribution in [1.82, 2.24) is 9.55 Å². The van der Waals surface area contributed by atoms with Gasteiger partial charge in [0.1, 0.15) is 5.82 Å². The van der Waals surface area contributed by atoms with Crippen LogP contribution in [0.3, 0.4) is 0 Å². The second kappa shape index (κ2) is 13.4. The fourth-order valence-corrected chi connectivity index (χ4v) is 10.4. The topological polar surface area (TPSA) is 21.1 Å². The van der Waals surface area contributed by atoms with Crippen molar-refractivity contribution >= 4 is 51.2 Å². The summed E-state index contributed by atoms with van der Waals surface area (Å²) in [6.07, 6.45) is 15.4. The van der Waals surface area contributed by atoms with Gasteiger partial charge in [0.25, 0.3) is 0 Å². The molecule has 0 unspecified atom stereocenters. The summed E-state index contributed by atoms with van der Waals surface area (Å²) in [4.78, 5) is 9.06. The van der Waals surface area contributed by atoms with Crippen LogP contribution < -0.4 is 4.90 Å². The normalized spacial score (nSPS) is 15.0. The maximum absolute atomic E-state index is 5.21. The minimum Gasteiger partial charge on any atom is -0.309 e. The van der Waals surface area contributed by atoms with Gasteiger partial charge in [0.15, 0.2) is 0 Å². The molecule has 0 aliphatic heterocycles. The quantitative estimate of drug-likeness (QED) is 0.162. The van der Waals surface area contributed by atoms with Gasteiger partial charge in [-0.3, -0.25) is 4.57 Å². The number of imidazole rings is 1. The number of benzene rings is 6. The largest absolute Gasteiger partial charge is 0.309 e. The summed E-state index contributed by atoms with van der Waals surface area (Å²) in [5.41, 5.74) is 16.8. The Morgan fingerprint density at radius 3 is 2.11 bits per heavy atom. The molecule has 11 rings (SSSR count). The van der Waals surface area contributed by atoms with Gasteiger partial charge >= 0.3 is 0 Å². The van der Waals surface area contributed by atoms with E-state index in [1.165, 1.54) is 55.2 Å². The van der Waals surface area contributed by atoms with Crippen LogP contribution in [0.25, 0.3) is 45.3 Å². The molecule has 2 heterocycles. The second-order valence-corrected chi connectivity index (χ2v) is 15.8. The van der Waals surface area contributed by atoms with E-state index in [-0.39, 0.29) is 0 Å². The Balaban J connectivity index is 1.11. The van der Waals surface area contributed by atoms with Crippen LogP contribution in [0.1, 0.15) is 52.0 Å². The van der Waals surface area contributed by atoms with Gasteiger partial charge in [-0.2, -0.15) is 0 Å². The molecule has 0 radical (unpaired) electrons. The first-order chi connectivity index (χ1) is 27.8. The lowest BCUT2D eigenvalue weighted by molar-refractivity contribution is 0.768. The predicted molar refractivity (Wildman–Crippen MR) is 235 cm³/mol. The second-order valence-electron chi connectivity index (χ2n) is 14.9. The van der Waals surface area contributed by atoms with Crippen LogP contribution in [0.2, 0.25) is 0 Å². The highest BCUT2D eigenvalue weighted by atomic mass is 32.1. The number of nitrogens with zero attached hydrogens (tertiary/aromatic N) is 3. The van der Waals surface area contributed by atoms with Gasteiger partial charge in [0, 0.05) is 32.9 Å². The molecular weight excluding hydrogens is 699 g/mol. The molecule has 3 aliphatic rings. The minimum absolute atomic E-state index is 0.473. The third kappa shape index (κ3) is 5.06. The van der Waals surface area contributed by atoms with Crippen molar-refractivity contribution < 1.29 is 0 Å². The third-order valence-corrected chi connectivity index (χ3v) is 12.9. The average molecular weight is 738 g/mol. The molecular formula is C52H39N3S. The summed E-state index contributed by atoms with van der Waals surface area (Å²) in [6, 6.07) is 56.0. The highest BCUT2D eigenvalue weighted by Crippen LogP contribution is 2.57. The molecule has 2 aromatic heterocycles. The van der Waals surface area contributed by atoms with E-state index in [4.69, 9.17) is 4.98 Å². The Morgan fingerprint density at radius 1 is 0.625 bits per heavy atom. The van der Waals surface area contributed by atoms with Crippen LogP contribution in [-0.2, 0) is 11.8 Å². The summed E-state index contributed by atoms with van der Waals surface area (Å²) in [7, 11) is 0. The van der Waals surface area contributed by atoms with Crippen LogP contribution in [0.5, 0.6) is 0 Å². The van der Waals surface area contributed by atoms with E-state index in [1.807, 2.05) is 11.3 Å². The van der Waals surface area contributed by atoms with Crippen LogP contribution in [0.4, 0.5) is 17.1 Å². The van der Waals surface area contributed by atoms with E-state index in [0.717, 1.165) is 59.5 Å². The van der Waals surface area contributed by atoms with Gasteiger partial charge in [-0.05, 0) is 125 Å². The lowest BCUT2D eigenvalue weighted by atomic mass is 9.67. The summed E-state index contributed by atoms with van der Waals surface area (Å²) in [5.74, 6) is 0.981. The molecule has 0 fully saturated rings. The molecule has 3 aliphatic carbocycles. The van der Waals surface area contributed by atoms with E-state index in [9.17, 15) is 0 Å². The number of hydrogen-bond donors (Lipinski definition) is 0. The minimum atomic E-state index is -0.473. The molecule has 0 atom stereocenters. The number of allylic oxidation sites excluding steroid dienone is 5. The van der Waals surface area contributed by atoms with E-state index < -0.39 is 5.41 Å². The predicted octanol–water partition coefficient (Wildman–Crippen LogP) is 13.7. The van der Waals surface area contributed by atoms with Gasteiger partial charge in [-0.1, -0.05) is 121 Å². The Labute approximate surface area is 331 Å². The zero-order chi connectivity index (χ0) is 37.1. The maximum atomic E-state index is 5.21. The van der Waals surface area contributed by atoms with Crippen molar-refractivity contribution in [3.63, 3.8) is 0 Å². The number of thiophene rings is 1. The lowest BCUT2D eigenvalue weighted by Gasteiger charge is -2.35. The Hall–Kier alpha value is -6.49. The highest BCUT2D eigenvalue weighted by Gasteiger charge is 2.46. The molecule has 3 nitrogen and oxygen atoms in total. The van der Waals surface area contributed by atoms with Gasteiger partial charge in [-0.25, -0.2) is 4.98 Å². The van der Waals surface area contributed by atoms with Crippen molar-refractivity contribution in [2.45, 2.75) is 31.1 Å². The van der Waals surface area contributed by atoms with E-state index in [1.54, 1.807) is 0 Å². The number of aromatic nitrogens is 2. The first kappa shape index (κ1) is 32.9. The van der Waals surface area contributed by atoms with Gasteiger partial charge in [0.05, 0.1) is 22.1 Å². The van der Waals surface area contributed by atoms with Gasteiger partial charge in [-0.15, -0.1) is 11.3 Å². The molecule has 0 amide bonds. The summed E-state index contributed by atoms with van der Waals surface area (Å²) >= 11 is 1.85. The molecule has 6 aromatic carbocycles. The van der Waals surface area contributed by atoms with Crippen molar-refractivity contribution in [2.24, 2.45) is 0 Å². The molecule has 0 spiro atoms. The van der Waals surface area contributed by atoms with Crippen LogP contribution >= 0.6 is 11.3 Å². The van der Waals surface area contributed by atoms with Gasteiger partial charge < -0.3 is 4.90 Å². The molecule has 8 aromatic rings. The van der Waals surface area contributed by atoms with Gasteiger partial charge in [0.2, 0.25) is 0 Å². The molecule has 0 saturated heterocycles. The lowest BCUT2D eigenvalue weighted by Crippen LogP contribution is -2.28. The fourth-order valence-electron chi connectivity index (χ4n) is 9.43. The fraction of sp³-hybridized carbons (Fsp3) is 0.0962. The van der Waals surface area contributed by atoms with Crippen molar-refractivity contribution in [3.05, 3.63) is 214 Å². The molecule has 0 bridgehead atoms. The third-order valence-electron chi connectivity index (χ3n) is 11.9. The Kier molecular flexibility index (Phi) is 7.85. The smallest absolute Gasteiger partial charge is 0.145 e. The number of rotatable bonds is 7. The zero-order valence-corrected chi connectivity index (χ0v) is 31.8.